The van der Waals surface area contributed by atoms with E-state index in [0.717, 1.165) is 12.2 Å². The molecule has 0 aromatic carbocycles. The predicted molar refractivity (Wildman–Crippen MR) is 95.1 cm³/mol. The minimum absolute atomic E-state index is 0.0753. The van der Waals surface area contributed by atoms with Crippen LogP contribution in [-0.4, -0.2) is 60.3 Å². The van der Waals surface area contributed by atoms with E-state index in [1.807, 2.05) is 4.90 Å². The van der Waals surface area contributed by atoms with Gasteiger partial charge in [0.2, 0.25) is 5.88 Å². The number of hydrogen-bond acceptors (Lipinski definition) is 6. The first-order valence-corrected chi connectivity index (χ1v) is 9.24. The van der Waals surface area contributed by atoms with Crippen LogP contribution in [0.15, 0.2) is 12.3 Å². The normalized spacial score (nSPS) is 28.9. The van der Waals surface area contributed by atoms with Crippen LogP contribution < -0.4 is 9.64 Å². The Kier molecular flexibility index (Phi) is 4.23. The minimum Gasteiger partial charge on any atom is -0.481 e. The van der Waals surface area contributed by atoms with E-state index in [0.29, 0.717) is 37.1 Å². The molecule has 2 aliphatic heterocycles. The molecule has 7 nitrogen and oxygen atoms in total. The van der Waals surface area contributed by atoms with Crippen LogP contribution in [0, 0.1) is 22.7 Å². The lowest BCUT2D eigenvalue weighted by atomic mass is 9.81. The van der Waals surface area contributed by atoms with E-state index >= 15 is 0 Å². The molecule has 1 aliphatic carbocycles. The number of rotatable bonds is 4. The van der Waals surface area contributed by atoms with Gasteiger partial charge < -0.3 is 14.7 Å². The van der Waals surface area contributed by atoms with Crippen molar-refractivity contribution >= 4 is 11.7 Å². The van der Waals surface area contributed by atoms with Crippen molar-refractivity contribution in [1.82, 2.24) is 9.88 Å². The fraction of sp³-hybridized carbons (Fsp3) is 0.632. The topological polar surface area (TPSA) is 89.7 Å². The quantitative estimate of drug-likeness (QED) is 0.878. The van der Waals surface area contributed by atoms with Crippen LogP contribution in [0.1, 0.15) is 31.2 Å². The van der Waals surface area contributed by atoms with Gasteiger partial charge in [-0.3, -0.25) is 9.69 Å². The van der Waals surface area contributed by atoms with Gasteiger partial charge in [0.15, 0.2) is 0 Å². The van der Waals surface area contributed by atoms with Crippen molar-refractivity contribution in [2.45, 2.75) is 31.7 Å². The summed E-state index contributed by atoms with van der Waals surface area (Å²) in [6, 6.07) is 4.49. The van der Waals surface area contributed by atoms with Gasteiger partial charge in [-0.2, -0.15) is 5.26 Å². The molecule has 4 rings (SSSR count). The SMILES string of the molecule is COc1nccc(N2C[C@@H]3CN(C4CCCC4)C[C@]3(C(=O)O)C2)c1C#N. The van der Waals surface area contributed by atoms with Crippen LogP contribution in [0.3, 0.4) is 0 Å². The van der Waals surface area contributed by atoms with Gasteiger partial charge in [-0.1, -0.05) is 12.8 Å². The molecule has 0 bridgehead atoms. The van der Waals surface area contributed by atoms with Gasteiger partial charge in [0.05, 0.1) is 12.8 Å². The molecule has 1 saturated carbocycles. The number of likely N-dealkylation sites (tertiary alicyclic amines) is 1. The molecular weight excluding hydrogens is 332 g/mol. The average Bonchev–Trinajstić information content (AvgIpc) is 3.34. The summed E-state index contributed by atoms with van der Waals surface area (Å²) in [4.78, 5) is 20.8. The third-order valence-corrected chi connectivity index (χ3v) is 6.44. The Morgan fingerprint density at radius 1 is 1.38 bits per heavy atom. The third-order valence-electron chi connectivity index (χ3n) is 6.44. The third kappa shape index (κ3) is 2.52. The highest BCUT2D eigenvalue weighted by Crippen LogP contribution is 2.47. The van der Waals surface area contributed by atoms with Crippen molar-refractivity contribution in [3.05, 3.63) is 17.8 Å². The van der Waals surface area contributed by atoms with Crippen LogP contribution in [0.25, 0.3) is 0 Å². The van der Waals surface area contributed by atoms with Crippen LogP contribution in [0.2, 0.25) is 0 Å². The molecular formula is C19H24N4O3. The second-order valence-electron chi connectivity index (χ2n) is 7.73. The zero-order valence-electron chi connectivity index (χ0n) is 15.0. The largest absolute Gasteiger partial charge is 0.481 e. The lowest BCUT2D eigenvalue weighted by molar-refractivity contribution is -0.148. The lowest BCUT2D eigenvalue weighted by Gasteiger charge is -2.29. The molecule has 0 unspecified atom stereocenters. The van der Waals surface area contributed by atoms with Gasteiger partial charge in [-0.25, -0.2) is 4.98 Å². The van der Waals surface area contributed by atoms with Gasteiger partial charge in [0.25, 0.3) is 0 Å². The summed E-state index contributed by atoms with van der Waals surface area (Å²) in [7, 11) is 1.49. The number of hydrogen-bond donors (Lipinski definition) is 1. The van der Waals surface area contributed by atoms with E-state index < -0.39 is 11.4 Å². The van der Waals surface area contributed by atoms with Crippen molar-refractivity contribution in [1.29, 1.82) is 5.26 Å². The van der Waals surface area contributed by atoms with E-state index in [1.165, 1.54) is 32.8 Å². The summed E-state index contributed by atoms with van der Waals surface area (Å²) in [5.74, 6) is -0.352. The molecule has 0 spiro atoms. The summed E-state index contributed by atoms with van der Waals surface area (Å²) in [6.07, 6.45) is 6.49. The van der Waals surface area contributed by atoms with Gasteiger partial charge in [0.1, 0.15) is 17.0 Å². The Hall–Kier alpha value is -2.33. The first-order valence-electron chi connectivity index (χ1n) is 9.24. The Bertz CT molecular complexity index is 756. The first-order chi connectivity index (χ1) is 12.6. The lowest BCUT2D eigenvalue weighted by Crippen LogP contribution is -2.42. The Morgan fingerprint density at radius 3 is 2.77 bits per heavy atom. The average molecular weight is 356 g/mol. The van der Waals surface area contributed by atoms with Gasteiger partial charge >= 0.3 is 5.97 Å². The standard InChI is InChI=1S/C19H24N4O3/c1-26-17-15(8-20)16(6-7-21-17)23-10-13-9-22(14-4-2-3-5-14)11-19(13,12-23)18(24)25/h6-7,13-14H,2-5,9-12H2,1H3,(H,24,25)/t13-,19-/m0/s1. The number of fused-ring (bicyclic) bond motifs is 1. The van der Waals surface area contributed by atoms with Crippen molar-refractivity contribution < 1.29 is 14.6 Å². The number of carbonyl (C=O) groups is 1. The van der Waals surface area contributed by atoms with Crippen molar-refractivity contribution in [2.24, 2.45) is 11.3 Å². The van der Waals surface area contributed by atoms with E-state index in [-0.39, 0.29) is 5.92 Å². The molecule has 7 heteroatoms. The summed E-state index contributed by atoms with van der Waals surface area (Å²) in [6.45, 7) is 2.52. The molecule has 0 radical (unpaired) electrons. The molecule has 3 aliphatic rings. The van der Waals surface area contributed by atoms with Crippen molar-refractivity contribution in [3.8, 4) is 11.9 Å². The molecule has 0 amide bonds. The summed E-state index contributed by atoms with van der Waals surface area (Å²) < 4.78 is 5.20. The summed E-state index contributed by atoms with van der Waals surface area (Å²) in [5.41, 5.74) is 0.344. The van der Waals surface area contributed by atoms with E-state index in [1.54, 1.807) is 12.3 Å². The molecule has 1 aromatic heterocycles. The molecule has 2 saturated heterocycles. The fourth-order valence-corrected chi connectivity index (χ4v) is 5.09. The van der Waals surface area contributed by atoms with Crippen LogP contribution >= 0.6 is 0 Å². The van der Waals surface area contributed by atoms with E-state index in [9.17, 15) is 15.2 Å². The van der Waals surface area contributed by atoms with Gasteiger partial charge in [-0.05, 0) is 18.9 Å². The zero-order chi connectivity index (χ0) is 18.3. The fourth-order valence-electron chi connectivity index (χ4n) is 5.09. The van der Waals surface area contributed by atoms with E-state index in [2.05, 4.69) is 16.0 Å². The second kappa shape index (κ2) is 6.44. The maximum atomic E-state index is 12.3. The zero-order valence-corrected chi connectivity index (χ0v) is 15.0. The highest BCUT2D eigenvalue weighted by atomic mass is 16.5. The molecule has 1 aromatic rings. The monoisotopic (exact) mass is 356 g/mol. The number of nitrogens with zero attached hydrogens (tertiary/aromatic N) is 4. The smallest absolute Gasteiger partial charge is 0.313 e. The highest BCUT2D eigenvalue weighted by Gasteiger charge is 2.58. The number of nitriles is 1. The number of pyridine rings is 1. The molecule has 26 heavy (non-hydrogen) atoms. The van der Waals surface area contributed by atoms with Crippen LogP contribution in [-0.2, 0) is 4.79 Å². The van der Waals surface area contributed by atoms with Gasteiger partial charge in [0, 0.05) is 44.3 Å². The number of aliphatic carboxylic acids is 1. The number of anilines is 1. The van der Waals surface area contributed by atoms with Crippen LogP contribution in [0.5, 0.6) is 5.88 Å². The molecule has 1 N–H and O–H groups in total. The summed E-state index contributed by atoms with van der Waals surface area (Å²) in [5, 5.41) is 19.6. The number of ether oxygens (including phenoxy) is 1. The molecule has 2 atom stereocenters. The second-order valence-corrected chi connectivity index (χ2v) is 7.73. The maximum Gasteiger partial charge on any atom is 0.313 e. The maximum absolute atomic E-state index is 12.3. The van der Waals surface area contributed by atoms with Crippen LogP contribution in [0.4, 0.5) is 5.69 Å². The number of aromatic nitrogens is 1. The predicted octanol–water partition coefficient (Wildman–Crippen LogP) is 1.73. The Balaban J connectivity index is 1.61. The Morgan fingerprint density at radius 2 is 2.15 bits per heavy atom. The summed E-state index contributed by atoms with van der Waals surface area (Å²) >= 11 is 0. The number of carboxylic acid groups (broad SMARTS) is 1. The molecule has 138 valence electrons. The van der Waals surface area contributed by atoms with Crippen molar-refractivity contribution in [2.75, 3.05) is 38.2 Å². The molecule has 3 heterocycles. The highest BCUT2D eigenvalue weighted by molar-refractivity contribution is 5.79. The van der Waals surface area contributed by atoms with Gasteiger partial charge in [-0.15, -0.1) is 0 Å². The minimum atomic E-state index is -0.758. The Labute approximate surface area is 153 Å². The number of carboxylic acids is 1. The molecule has 3 fully saturated rings. The first kappa shape index (κ1) is 17.1. The van der Waals surface area contributed by atoms with Crippen molar-refractivity contribution in [3.63, 3.8) is 0 Å². The number of methoxy groups -OCH3 is 1. The van der Waals surface area contributed by atoms with E-state index in [4.69, 9.17) is 4.74 Å².